The number of benzene rings is 2. The van der Waals surface area contributed by atoms with Gasteiger partial charge in [0.15, 0.2) is 5.96 Å². The highest BCUT2D eigenvalue weighted by Gasteiger charge is 2.30. The second kappa shape index (κ2) is 9.73. The maximum absolute atomic E-state index is 12.9. The fraction of sp³-hybridized carbons (Fsp3) is 0.409. The minimum absolute atomic E-state index is 0.268. The van der Waals surface area contributed by atoms with Crippen LogP contribution < -0.4 is 20.3 Å². The first-order valence-corrected chi connectivity index (χ1v) is 9.88. The van der Waals surface area contributed by atoms with Crippen molar-refractivity contribution >= 4 is 11.6 Å². The van der Waals surface area contributed by atoms with Crippen LogP contribution in [0.3, 0.4) is 0 Å². The lowest BCUT2D eigenvalue weighted by molar-refractivity contribution is -0.137. The van der Waals surface area contributed by atoms with Gasteiger partial charge in [0, 0.05) is 45.0 Å². The van der Waals surface area contributed by atoms with Crippen LogP contribution in [0.4, 0.5) is 18.9 Å². The van der Waals surface area contributed by atoms with Crippen molar-refractivity contribution in [2.24, 2.45) is 10.9 Å². The average molecular weight is 420 g/mol. The van der Waals surface area contributed by atoms with Gasteiger partial charge < -0.3 is 20.3 Å². The highest BCUT2D eigenvalue weighted by molar-refractivity contribution is 5.79. The molecular formula is C22H27F3N4O. The zero-order chi connectivity index (χ0) is 21.6. The van der Waals surface area contributed by atoms with Crippen LogP contribution in [0.25, 0.3) is 0 Å². The topological polar surface area (TPSA) is 48.9 Å². The van der Waals surface area contributed by atoms with E-state index < -0.39 is 11.7 Å². The van der Waals surface area contributed by atoms with Crippen molar-refractivity contribution in [1.29, 1.82) is 0 Å². The van der Waals surface area contributed by atoms with Gasteiger partial charge in [-0.3, -0.25) is 4.99 Å². The number of methoxy groups -OCH3 is 1. The van der Waals surface area contributed by atoms with Gasteiger partial charge in [0.25, 0.3) is 0 Å². The Hall–Kier alpha value is -2.90. The number of aliphatic imine (C=N–C) groups is 1. The van der Waals surface area contributed by atoms with Gasteiger partial charge in [-0.05, 0) is 42.2 Å². The molecule has 1 atom stereocenters. The second-order valence-electron chi connectivity index (χ2n) is 7.31. The van der Waals surface area contributed by atoms with Crippen molar-refractivity contribution < 1.29 is 17.9 Å². The normalized spacial score (nSPS) is 17.2. The zero-order valence-electron chi connectivity index (χ0n) is 17.2. The summed E-state index contributed by atoms with van der Waals surface area (Å²) in [5.41, 5.74) is 1.05. The van der Waals surface area contributed by atoms with E-state index in [9.17, 15) is 13.2 Å². The van der Waals surface area contributed by atoms with Crippen LogP contribution in [-0.4, -0.2) is 39.8 Å². The third-order valence-electron chi connectivity index (χ3n) is 5.20. The molecule has 1 aliphatic rings. The summed E-state index contributed by atoms with van der Waals surface area (Å²) in [6.45, 7) is 2.90. The summed E-state index contributed by atoms with van der Waals surface area (Å²) in [6, 6.07) is 13.3. The maximum atomic E-state index is 12.9. The van der Waals surface area contributed by atoms with E-state index in [0.717, 1.165) is 49.6 Å². The van der Waals surface area contributed by atoms with Crippen molar-refractivity contribution in [3.63, 3.8) is 0 Å². The lowest BCUT2D eigenvalue weighted by Gasteiger charge is -2.20. The van der Waals surface area contributed by atoms with Gasteiger partial charge in [-0.1, -0.05) is 18.2 Å². The molecule has 1 aliphatic heterocycles. The minimum Gasteiger partial charge on any atom is -0.497 e. The SMILES string of the molecule is CN=C(NCc1cccc(C(F)(F)F)c1)NCC1CCN(c2cccc(OC)c2)C1. The van der Waals surface area contributed by atoms with E-state index in [-0.39, 0.29) is 6.54 Å². The number of rotatable bonds is 6. The molecule has 0 spiro atoms. The Bertz CT molecular complexity index is 869. The van der Waals surface area contributed by atoms with E-state index in [1.807, 2.05) is 18.2 Å². The summed E-state index contributed by atoms with van der Waals surface area (Å²) >= 11 is 0. The van der Waals surface area contributed by atoms with Crippen LogP contribution in [0.1, 0.15) is 17.5 Å². The monoisotopic (exact) mass is 420 g/mol. The molecule has 1 fully saturated rings. The first-order valence-electron chi connectivity index (χ1n) is 9.88. The Morgan fingerprint density at radius 2 is 1.97 bits per heavy atom. The number of halogens is 3. The van der Waals surface area contributed by atoms with E-state index >= 15 is 0 Å². The Balaban J connectivity index is 1.48. The van der Waals surface area contributed by atoms with Gasteiger partial charge in [0.1, 0.15) is 5.75 Å². The number of hydrogen-bond acceptors (Lipinski definition) is 3. The van der Waals surface area contributed by atoms with E-state index in [1.165, 1.54) is 6.07 Å². The number of ether oxygens (including phenoxy) is 1. The molecular weight excluding hydrogens is 393 g/mol. The first-order chi connectivity index (χ1) is 14.4. The van der Waals surface area contributed by atoms with Crippen molar-refractivity contribution in [2.45, 2.75) is 19.1 Å². The van der Waals surface area contributed by atoms with Crippen molar-refractivity contribution in [3.8, 4) is 5.75 Å². The Labute approximate surface area is 174 Å². The second-order valence-corrected chi connectivity index (χ2v) is 7.31. The van der Waals surface area contributed by atoms with Crippen LogP contribution in [0, 0.1) is 5.92 Å². The Morgan fingerprint density at radius 1 is 1.17 bits per heavy atom. The summed E-state index contributed by atoms with van der Waals surface area (Å²) in [6.07, 6.45) is -3.29. The molecule has 5 nitrogen and oxygen atoms in total. The summed E-state index contributed by atoms with van der Waals surface area (Å²) < 4.78 is 43.9. The molecule has 30 heavy (non-hydrogen) atoms. The fourth-order valence-corrected chi connectivity index (χ4v) is 3.55. The first kappa shape index (κ1) is 21.8. The maximum Gasteiger partial charge on any atom is 0.416 e. The van der Waals surface area contributed by atoms with Crippen LogP contribution in [0.2, 0.25) is 0 Å². The van der Waals surface area contributed by atoms with E-state index in [4.69, 9.17) is 4.74 Å². The van der Waals surface area contributed by atoms with E-state index in [0.29, 0.717) is 17.4 Å². The largest absolute Gasteiger partial charge is 0.497 e. The smallest absolute Gasteiger partial charge is 0.416 e. The van der Waals surface area contributed by atoms with Crippen molar-refractivity contribution in [2.75, 3.05) is 38.7 Å². The lowest BCUT2D eigenvalue weighted by Crippen LogP contribution is -2.40. The van der Waals surface area contributed by atoms with E-state index in [2.05, 4.69) is 26.6 Å². The fourth-order valence-electron chi connectivity index (χ4n) is 3.55. The molecule has 0 amide bonds. The van der Waals surface area contributed by atoms with Gasteiger partial charge in [-0.25, -0.2) is 0 Å². The molecule has 0 radical (unpaired) electrons. The molecule has 0 bridgehead atoms. The molecule has 0 saturated carbocycles. The molecule has 2 aromatic rings. The van der Waals surface area contributed by atoms with Crippen molar-refractivity contribution in [1.82, 2.24) is 10.6 Å². The molecule has 1 heterocycles. The lowest BCUT2D eigenvalue weighted by atomic mass is 10.1. The van der Waals surface area contributed by atoms with Crippen LogP contribution in [-0.2, 0) is 12.7 Å². The van der Waals surface area contributed by atoms with Crippen LogP contribution in [0.15, 0.2) is 53.5 Å². The van der Waals surface area contributed by atoms with Gasteiger partial charge in [0.05, 0.1) is 12.7 Å². The van der Waals surface area contributed by atoms with Crippen LogP contribution >= 0.6 is 0 Å². The molecule has 162 valence electrons. The summed E-state index contributed by atoms with van der Waals surface area (Å²) in [5.74, 6) is 1.86. The zero-order valence-corrected chi connectivity index (χ0v) is 17.2. The average Bonchev–Trinajstić information content (AvgIpc) is 3.22. The molecule has 8 heteroatoms. The minimum atomic E-state index is -4.34. The molecule has 2 aromatic carbocycles. The Morgan fingerprint density at radius 3 is 2.70 bits per heavy atom. The molecule has 0 aromatic heterocycles. The third kappa shape index (κ3) is 5.81. The molecule has 1 saturated heterocycles. The van der Waals surface area contributed by atoms with Gasteiger partial charge in [-0.2, -0.15) is 13.2 Å². The van der Waals surface area contributed by atoms with Gasteiger partial charge in [-0.15, -0.1) is 0 Å². The highest BCUT2D eigenvalue weighted by Crippen LogP contribution is 2.29. The highest BCUT2D eigenvalue weighted by atomic mass is 19.4. The standard InChI is InChI=1S/C22H27F3N4O/c1-26-21(27-13-16-5-3-6-18(11-16)22(23,24)25)28-14-17-9-10-29(15-17)19-7-4-8-20(12-19)30-2/h3-8,11-12,17H,9-10,13-15H2,1-2H3,(H2,26,27,28). The quantitative estimate of drug-likeness (QED) is 0.550. The molecule has 1 unspecified atom stereocenters. The third-order valence-corrected chi connectivity index (χ3v) is 5.20. The van der Waals surface area contributed by atoms with Crippen molar-refractivity contribution in [3.05, 3.63) is 59.7 Å². The molecule has 2 N–H and O–H groups in total. The summed E-state index contributed by atoms with van der Waals surface area (Å²) in [5, 5.41) is 6.37. The van der Waals surface area contributed by atoms with Crippen LogP contribution in [0.5, 0.6) is 5.75 Å². The number of alkyl halides is 3. The number of anilines is 1. The van der Waals surface area contributed by atoms with E-state index in [1.54, 1.807) is 20.2 Å². The van der Waals surface area contributed by atoms with Gasteiger partial charge >= 0.3 is 6.18 Å². The molecule has 3 rings (SSSR count). The Kier molecular flexibility index (Phi) is 7.07. The summed E-state index contributed by atoms with van der Waals surface area (Å²) in [7, 11) is 3.31. The van der Waals surface area contributed by atoms with Gasteiger partial charge in [0.2, 0.25) is 0 Å². The molecule has 0 aliphatic carbocycles. The predicted molar refractivity (Wildman–Crippen MR) is 113 cm³/mol. The number of nitrogens with one attached hydrogen (secondary N) is 2. The number of hydrogen-bond donors (Lipinski definition) is 2. The number of nitrogens with zero attached hydrogens (tertiary/aromatic N) is 2. The summed E-state index contributed by atoms with van der Waals surface area (Å²) in [4.78, 5) is 6.50. The number of guanidine groups is 1. The predicted octanol–water partition coefficient (Wildman–Crippen LogP) is 3.91.